The number of anilines is 2. The SMILES string of the molecule is CN(C)c1nc(N[C@H]2CC[C@@H](NCc3cc([N+](=O)[O-])ccc3Oc3ccccc3C(F)(F)F)CC2)nc2ccccc12. The van der Waals surface area contributed by atoms with Crippen molar-refractivity contribution >= 4 is 28.4 Å². The van der Waals surface area contributed by atoms with Gasteiger partial charge in [-0.25, -0.2) is 4.98 Å². The molecule has 0 atom stereocenters. The molecule has 3 aromatic carbocycles. The monoisotopic (exact) mass is 580 g/mol. The molecular formula is C30H31F3N6O3. The lowest BCUT2D eigenvalue weighted by molar-refractivity contribution is -0.384. The van der Waals surface area contributed by atoms with Crippen LogP contribution < -0.4 is 20.3 Å². The van der Waals surface area contributed by atoms with Gasteiger partial charge in [-0.2, -0.15) is 18.2 Å². The van der Waals surface area contributed by atoms with E-state index in [9.17, 15) is 23.3 Å². The normalized spacial score (nSPS) is 17.2. The second-order valence-electron chi connectivity index (χ2n) is 10.5. The van der Waals surface area contributed by atoms with Crippen LogP contribution in [0.1, 0.15) is 36.8 Å². The van der Waals surface area contributed by atoms with Crippen LogP contribution in [0.5, 0.6) is 11.5 Å². The van der Waals surface area contributed by atoms with Crippen molar-refractivity contribution in [3.05, 3.63) is 88.0 Å². The van der Waals surface area contributed by atoms with Crippen molar-refractivity contribution in [3.63, 3.8) is 0 Å². The molecule has 4 aromatic rings. The van der Waals surface area contributed by atoms with E-state index < -0.39 is 16.7 Å². The van der Waals surface area contributed by atoms with Crippen LogP contribution in [-0.2, 0) is 12.7 Å². The van der Waals surface area contributed by atoms with Crippen LogP contribution in [0.15, 0.2) is 66.7 Å². The number of nitro groups is 1. The smallest absolute Gasteiger partial charge is 0.419 e. The Bertz CT molecular complexity index is 1570. The van der Waals surface area contributed by atoms with E-state index >= 15 is 0 Å². The summed E-state index contributed by atoms with van der Waals surface area (Å²) in [5.41, 5.74) is 0.189. The molecule has 0 aliphatic heterocycles. The van der Waals surface area contributed by atoms with Crippen molar-refractivity contribution in [1.82, 2.24) is 15.3 Å². The van der Waals surface area contributed by atoms with Crippen LogP contribution >= 0.6 is 0 Å². The molecule has 9 nitrogen and oxygen atoms in total. The molecule has 12 heteroatoms. The van der Waals surface area contributed by atoms with Crippen LogP contribution in [0.4, 0.5) is 30.6 Å². The molecule has 1 saturated carbocycles. The Hall–Kier alpha value is -4.45. The minimum Gasteiger partial charge on any atom is -0.456 e. The highest BCUT2D eigenvalue weighted by Gasteiger charge is 2.34. The molecule has 1 aliphatic carbocycles. The van der Waals surface area contributed by atoms with E-state index in [1.54, 1.807) is 0 Å². The van der Waals surface area contributed by atoms with Gasteiger partial charge in [-0.05, 0) is 56.0 Å². The summed E-state index contributed by atoms with van der Waals surface area (Å²) in [7, 11) is 3.89. The molecule has 0 radical (unpaired) electrons. The lowest BCUT2D eigenvalue weighted by Crippen LogP contribution is -2.37. The quantitative estimate of drug-likeness (QED) is 0.162. The number of para-hydroxylation sites is 2. The van der Waals surface area contributed by atoms with Gasteiger partial charge in [0.15, 0.2) is 0 Å². The standard InChI is InChI=1S/C30H31F3N6O3/c1-38(2)28-23-7-3-5-9-25(23)36-29(37-28)35-21-13-11-20(12-14-21)34-18-19-17-22(39(40)41)15-16-26(19)42-27-10-6-4-8-24(27)30(31,32)33/h3-10,15-17,20-21,34H,11-14,18H2,1-2H3,(H,35,36,37)/t20-,21+. The first-order valence-corrected chi connectivity index (χ1v) is 13.6. The maximum absolute atomic E-state index is 13.5. The van der Waals surface area contributed by atoms with Crippen LogP contribution in [-0.4, -0.2) is 41.1 Å². The van der Waals surface area contributed by atoms with Crippen molar-refractivity contribution in [2.45, 2.75) is 50.5 Å². The van der Waals surface area contributed by atoms with Gasteiger partial charge in [0.2, 0.25) is 5.95 Å². The van der Waals surface area contributed by atoms with Gasteiger partial charge in [0.1, 0.15) is 17.3 Å². The molecule has 0 amide bonds. The van der Waals surface area contributed by atoms with Crippen molar-refractivity contribution in [2.24, 2.45) is 0 Å². The second kappa shape index (κ2) is 12.2. The van der Waals surface area contributed by atoms with E-state index in [2.05, 4.69) is 10.6 Å². The number of nitrogens with zero attached hydrogens (tertiary/aromatic N) is 4. The van der Waals surface area contributed by atoms with Crippen LogP contribution in [0.2, 0.25) is 0 Å². The van der Waals surface area contributed by atoms with Crippen LogP contribution in [0.3, 0.4) is 0 Å². The lowest BCUT2D eigenvalue weighted by Gasteiger charge is -2.30. The second-order valence-corrected chi connectivity index (χ2v) is 10.5. The fourth-order valence-electron chi connectivity index (χ4n) is 5.17. The van der Waals surface area contributed by atoms with Gasteiger partial charge in [0.25, 0.3) is 5.69 Å². The van der Waals surface area contributed by atoms with Gasteiger partial charge < -0.3 is 20.3 Å². The number of alkyl halides is 3. The van der Waals surface area contributed by atoms with Crippen molar-refractivity contribution in [2.75, 3.05) is 24.3 Å². The molecule has 0 saturated heterocycles. The summed E-state index contributed by atoms with van der Waals surface area (Å²) >= 11 is 0. The molecule has 1 fully saturated rings. The Morgan fingerprint density at radius 3 is 2.36 bits per heavy atom. The Balaban J connectivity index is 1.24. The Morgan fingerprint density at radius 1 is 0.952 bits per heavy atom. The zero-order valence-electron chi connectivity index (χ0n) is 23.2. The van der Waals surface area contributed by atoms with E-state index in [0.717, 1.165) is 48.5 Å². The molecule has 2 N–H and O–H groups in total. The molecule has 1 aromatic heterocycles. The average molecular weight is 581 g/mol. The van der Waals surface area contributed by atoms with Crippen molar-refractivity contribution in [3.8, 4) is 11.5 Å². The summed E-state index contributed by atoms with van der Waals surface area (Å²) < 4.78 is 46.2. The summed E-state index contributed by atoms with van der Waals surface area (Å²) in [6.07, 6.45) is -1.25. The van der Waals surface area contributed by atoms with Crippen LogP contribution in [0, 0.1) is 10.1 Å². The number of hydrogen-bond acceptors (Lipinski definition) is 8. The van der Waals surface area contributed by atoms with E-state index in [1.165, 1.54) is 36.4 Å². The topological polar surface area (TPSA) is 105 Å². The molecular weight excluding hydrogens is 549 g/mol. The first kappa shape index (κ1) is 29.1. The molecule has 0 bridgehead atoms. The number of aromatic nitrogens is 2. The summed E-state index contributed by atoms with van der Waals surface area (Å²) in [5, 5.41) is 19.3. The molecule has 42 heavy (non-hydrogen) atoms. The number of nitro benzene ring substituents is 1. The number of halogens is 3. The van der Waals surface area contributed by atoms with Gasteiger partial charge in [0.05, 0.1) is 16.0 Å². The van der Waals surface area contributed by atoms with Crippen molar-refractivity contribution in [1.29, 1.82) is 0 Å². The summed E-state index contributed by atoms with van der Waals surface area (Å²) in [5.74, 6) is 1.18. The summed E-state index contributed by atoms with van der Waals surface area (Å²) in [6.45, 7) is 0.202. The number of hydrogen-bond donors (Lipinski definition) is 2. The average Bonchev–Trinajstić information content (AvgIpc) is 2.96. The van der Waals surface area contributed by atoms with E-state index in [1.807, 2.05) is 43.3 Å². The predicted molar refractivity (Wildman–Crippen MR) is 155 cm³/mol. The molecule has 5 rings (SSSR count). The molecule has 0 unspecified atom stereocenters. The summed E-state index contributed by atoms with van der Waals surface area (Å²) in [6, 6.07) is 17.0. The number of rotatable bonds is 9. The van der Waals surface area contributed by atoms with Gasteiger partial charge in [-0.15, -0.1) is 0 Å². The van der Waals surface area contributed by atoms with Gasteiger partial charge >= 0.3 is 6.18 Å². The molecule has 1 aliphatic rings. The number of fused-ring (bicyclic) bond motifs is 1. The maximum atomic E-state index is 13.5. The zero-order chi connectivity index (χ0) is 29.9. The third kappa shape index (κ3) is 6.71. The highest BCUT2D eigenvalue weighted by Crippen LogP contribution is 2.39. The van der Waals surface area contributed by atoms with Gasteiger partial charge in [-0.1, -0.05) is 24.3 Å². The number of ether oxygens (including phenoxy) is 1. The van der Waals surface area contributed by atoms with E-state index in [0.29, 0.717) is 11.5 Å². The third-order valence-corrected chi connectivity index (χ3v) is 7.32. The number of non-ortho nitro benzene ring substituents is 1. The zero-order valence-corrected chi connectivity index (χ0v) is 23.2. The Morgan fingerprint density at radius 2 is 1.64 bits per heavy atom. The highest BCUT2D eigenvalue weighted by molar-refractivity contribution is 5.90. The molecule has 1 heterocycles. The maximum Gasteiger partial charge on any atom is 0.419 e. The Kier molecular flexibility index (Phi) is 8.44. The molecule has 0 spiro atoms. The fraction of sp³-hybridized carbons (Fsp3) is 0.333. The predicted octanol–water partition coefficient (Wildman–Crippen LogP) is 6.93. The third-order valence-electron chi connectivity index (χ3n) is 7.32. The first-order valence-electron chi connectivity index (χ1n) is 13.6. The first-order chi connectivity index (χ1) is 20.1. The minimum absolute atomic E-state index is 0.118. The largest absolute Gasteiger partial charge is 0.456 e. The van der Waals surface area contributed by atoms with Crippen LogP contribution in [0.25, 0.3) is 10.9 Å². The Labute approximate surface area is 240 Å². The minimum atomic E-state index is -4.60. The lowest BCUT2D eigenvalue weighted by atomic mass is 9.91. The van der Waals surface area contributed by atoms with Gasteiger partial charge in [0, 0.05) is 55.8 Å². The highest BCUT2D eigenvalue weighted by atomic mass is 19.4. The molecule has 220 valence electrons. The summed E-state index contributed by atoms with van der Waals surface area (Å²) in [4.78, 5) is 22.2. The number of nitrogens with one attached hydrogen (secondary N) is 2. The van der Waals surface area contributed by atoms with E-state index in [-0.39, 0.29) is 35.8 Å². The number of benzene rings is 3. The van der Waals surface area contributed by atoms with Gasteiger partial charge in [-0.3, -0.25) is 10.1 Å². The van der Waals surface area contributed by atoms with Crippen molar-refractivity contribution < 1.29 is 22.8 Å². The van der Waals surface area contributed by atoms with E-state index in [4.69, 9.17) is 14.7 Å². The fourth-order valence-corrected chi connectivity index (χ4v) is 5.17.